The molecule has 7 nitrogen and oxygen atoms in total. The summed E-state index contributed by atoms with van der Waals surface area (Å²) in [6.45, 7) is 7.03. The van der Waals surface area contributed by atoms with Crippen LogP contribution < -0.4 is 15.0 Å². The lowest BCUT2D eigenvalue weighted by atomic mass is 9.99. The summed E-state index contributed by atoms with van der Waals surface area (Å²) in [6, 6.07) is 15.5. The van der Waals surface area contributed by atoms with Crippen LogP contribution in [0.5, 0.6) is 5.75 Å². The number of carbonyl (C=O) groups is 2. The lowest BCUT2D eigenvalue weighted by Gasteiger charge is -2.38. The second-order valence-electron chi connectivity index (χ2n) is 8.37. The Bertz CT molecular complexity index is 940. The number of anilines is 2. The molecule has 2 aromatic rings. The molecule has 32 heavy (non-hydrogen) atoms. The van der Waals surface area contributed by atoms with Gasteiger partial charge in [0.25, 0.3) is 5.91 Å². The number of hydrogen-bond acceptors (Lipinski definition) is 5. The van der Waals surface area contributed by atoms with Gasteiger partial charge in [-0.15, -0.1) is 0 Å². The predicted octanol–water partition coefficient (Wildman–Crippen LogP) is 3.27. The lowest BCUT2D eigenvalue weighted by molar-refractivity contribution is -0.142. The van der Waals surface area contributed by atoms with Crippen molar-refractivity contribution in [1.29, 1.82) is 0 Å². The van der Waals surface area contributed by atoms with Crippen LogP contribution in [0.2, 0.25) is 0 Å². The molecule has 1 saturated heterocycles. The first-order valence-corrected chi connectivity index (χ1v) is 11.3. The van der Waals surface area contributed by atoms with E-state index < -0.39 is 6.10 Å². The van der Waals surface area contributed by atoms with Crippen LogP contribution >= 0.6 is 0 Å². The first-order chi connectivity index (χ1) is 15.5. The number of rotatable bonds is 6. The first-order valence-electron chi connectivity index (χ1n) is 11.3. The van der Waals surface area contributed by atoms with E-state index in [4.69, 9.17) is 9.47 Å². The highest BCUT2D eigenvalue weighted by Gasteiger charge is 2.34. The second kappa shape index (κ2) is 10.0. The Morgan fingerprint density at radius 3 is 2.53 bits per heavy atom. The Hall–Kier alpha value is -3.06. The van der Waals surface area contributed by atoms with E-state index in [1.54, 1.807) is 4.90 Å². The van der Waals surface area contributed by atoms with Gasteiger partial charge in [-0.2, -0.15) is 0 Å². The van der Waals surface area contributed by atoms with Crippen LogP contribution in [0.4, 0.5) is 11.4 Å². The number of carbonyl (C=O) groups excluding carboxylic acids is 2. The molecule has 7 heteroatoms. The fraction of sp³-hybridized carbons (Fsp3) is 0.440. The van der Waals surface area contributed by atoms with Crippen LogP contribution in [-0.4, -0.2) is 62.2 Å². The van der Waals surface area contributed by atoms with Crippen molar-refractivity contribution < 1.29 is 19.1 Å². The van der Waals surface area contributed by atoms with Crippen molar-refractivity contribution >= 4 is 23.2 Å². The van der Waals surface area contributed by atoms with Gasteiger partial charge in [0, 0.05) is 18.8 Å². The Morgan fingerprint density at radius 1 is 1.09 bits per heavy atom. The van der Waals surface area contributed by atoms with Gasteiger partial charge in [0.05, 0.1) is 32.0 Å². The highest BCUT2D eigenvalue weighted by Crippen LogP contribution is 2.33. The molecule has 2 atom stereocenters. The fourth-order valence-corrected chi connectivity index (χ4v) is 4.08. The first kappa shape index (κ1) is 22.1. The van der Waals surface area contributed by atoms with Crippen LogP contribution in [0.25, 0.3) is 0 Å². The van der Waals surface area contributed by atoms with E-state index in [1.165, 1.54) is 5.56 Å². The molecule has 0 radical (unpaired) electrons. The number of nitrogens with one attached hydrogen (secondary N) is 1. The Labute approximate surface area is 189 Å². The van der Waals surface area contributed by atoms with Crippen LogP contribution in [-0.2, 0) is 14.3 Å². The normalized spacial score (nSPS) is 19.0. The summed E-state index contributed by atoms with van der Waals surface area (Å²) >= 11 is 0. The van der Waals surface area contributed by atoms with Gasteiger partial charge in [0.2, 0.25) is 5.91 Å². The van der Waals surface area contributed by atoms with Crippen molar-refractivity contribution in [1.82, 2.24) is 4.90 Å². The molecule has 170 valence electrons. The topological polar surface area (TPSA) is 71.1 Å². The molecular weight excluding hydrogens is 406 g/mol. The third kappa shape index (κ3) is 5.05. The highest BCUT2D eigenvalue weighted by molar-refractivity contribution is 5.95. The third-order valence-corrected chi connectivity index (χ3v) is 6.17. The van der Waals surface area contributed by atoms with Crippen LogP contribution in [0.1, 0.15) is 31.7 Å². The number of hydrogen-bond donors (Lipinski definition) is 1. The van der Waals surface area contributed by atoms with Crippen molar-refractivity contribution in [3.8, 4) is 5.75 Å². The average molecular weight is 438 g/mol. The minimum absolute atomic E-state index is 0.0613. The summed E-state index contributed by atoms with van der Waals surface area (Å²) in [7, 11) is 0. The fourth-order valence-electron chi connectivity index (χ4n) is 4.08. The standard InChI is InChI=1S/C25H31N3O4/c1-3-18(2)19-8-10-20(11-9-19)26-24(29)17-28-16-23(25(30)27-12-14-31-15-13-27)32-22-7-5-4-6-21(22)28/h4-11,18,23H,3,12-17H2,1-2H3,(H,26,29). The molecule has 0 bridgehead atoms. The SMILES string of the molecule is CCC(C)c1ccc(NC(=O)CN2CC(C(=O)N3CCOCC3)Oc3ccccc32)cc1. The van der Waals surface area contributed by atoms with Gasteiger partial charge in [0.15, 0.2) is 6.10 Å². The van der Waals surface area contributed by atoms with Gasteiger partial charge in [0.1, 0.15) is 5.75 Å². The van der Waals surface area contributed by atoms with Gasteiger partial charge < -0.3 is 24.6 Å². The summed E-state index contributed by atoms with van der Waals surface area (Å²) < 4.78 is 11.4. The Balaban J connectivity index is 1.44. The smallest absolute Gasteiger partial charge is 0.265 e. The number of morpholine rings is 1. The summed E-state index contributed by atoms with van der Waals surface area (Å²) in [5.74, 6) is 0.922. The molecule has 0 aromatic heterocycles. The third-order valence-electron chi connectivity index (χ3n) is 6.17. The number of ether oxygens (including phenoxy) is 2. The molecule has 2 unspecified atom stereocenters. The van der Waals surface area contributed by atoms with Gasteiger partial charge >= 0.3 is 0 Å². The Kier molecular flexibility index (Phi) is 6.95. The van der Waals surface area contributed by atoms with E-state index in [2.05, 4.69) is 31.3 Å². The molecule has 2 heterocycles. The molecular formula is C25H31N3O4. The van der Waals surface area contributed by atoms with Crippen LogP contribution in [0.3, 0.4) is 0 Å². The molecule has 2 aliphatic rings. The molecule has 0 aliphatic carbocycles. The van der Waals surface area contributed by atoms with Crippen molar-refractivity contribution in [2.75, 3.05) is 49.6 Å². The van der Waals surface area contributed by atoms with Crippen molar-refractivity contribution in [2.24, 2.45) is 0 Å². The lowest BCUT2D eigenvalue weighted by Crippen LogP contribution is -2.53. The highest BCUT2D eigenvalue weighted by atomic mass is 16.5. The molecule has 1 fully saturated rings. The number of amides is 2. The van der Waals surface area contributed by atoms with E-state index in [0.29, 0.717) is 44.5 Å². The summed E-state index contributed by atoms with van der Waals surface area (Å²) in [6.07, 6.45) is 0.428. The summed E-state index contributed by atoms with van der Waals surface area (Å²) in [5.41, 5.74) is 2.85. The molecule has 2 amide bonds. The van der Waals surface area contributed by atoms with Crippen molar-refractivity contribution in [3.63, 3.8) is 0 Å². The largest absolute Gasteiger partial charge is 0.477 e. The minimum Gasteiger partial charge on any atom is -0.477 e. The van der Waals surface area contributed by atoms with Crippen molar-refractivity contribution in [3.05, 3.63) is 54.1 Å². The summed E-state index contributed by atoms with van der Waals surface area (Å²) in [4.78, 5) is 29.6. The van der Waals surface area contributed by atoms with Gasteiger partial charge in [-0.1, -0.05) is 38.1 Å². The van der Waals surface area contributed by atoms with Crippen LogP contribution in [0.15, 0.2) is 48.5 Å². The van der Waals surface area contributed by atoms with Gasteiger partial charge in [-0.3, -0.25) is 9.59 Å². The molecule has 4 rings (SSSR count). The maximum atomic E-state index is 13.0. The molecule has 2 aromatic carbocycles. The zero-order chi connectivity index (χ0) is 22.5. The average Bonchev–Trinajstić information content (AvgIpc) is 2.84. The van der Waals surface area contributed by atoms with E-state index in [9.17, 15) is 9.59 Å². The predicted molar refractivity (Wildman–Crippen MR) is 124 cm³/mol. The van der Waals surface area contributed by atoms with Gasteiger partial charge in [-0.05, 0) is 42.2 Å². The number of fused-ring (bicyclic) bond motifs is 1. The van der Waals surface area contributed by atoms with E-state index in [-0.39, 0.29) is 18.4 Å². The minimum atomic E-state index is -0.648. The van der Waals surface area contributed by atoms with Crippen LogP contribution in [0, 0.1) is 0 Å². The molecule has 1 N–H and O–H groups in total. The number of para-hydroxylation sites is 2. The Morgan fingerprint density at radius 2 is 1.81 bits per heavy atom. The second-order valence-corrected chi connectivity index (χ2v) is 8.37. The van der Waals surface area contributed by atoms with Gasteiger partial charge in [-0.25, -0.2) is 0 Å². The molecule has 0 spiro atoms. The quantitative estimate of drug-likeness (QED) is 0.751. The van der Waals surface area contributed by atoms with E-state index in [0.717, 1.165) is 17.8 Å². The summed E-state index contributed by atoms with van der Waals surface area (Å²) in [5, 5.41) is 2.98. The molecule has 0 saturated carbocycles. The maximum Gasteiger partial charge on any atom is 0.265 e. The number of benzene rings is 2. The maximum absolute atomic E-state index is 13.0. The van der Waals surface area contributed by atoms with Crippen molar-refractivity contribution in [2.45, 2.75) is 32.3 Å². The van der Waals surface area contributed by atoms with E-state index in [1.807, 2.05) is 41.3 Å². The molecule has 2 aliphatic heterocycles. The monoisotopic (exact) mass is 437 g/mol. The zero-order valence-electron chi connectivity index (χ0n) is 18.8. The van der Waals surface area contributed by atoms with E-state index >= 15 is 0 Å². The zero-order valence-corrected chi connectivity index (χ0v) is 18.8. The number of nitrogens with zero attached hydrogens (tertiary/aromatic N) is 2.